The summed E-state index contributed by atoms with van der Waals surface area (Å²) >= 11 is 6.13. The fraction of sp³-hybridized carbons (Fsp3) is 0.733. The quantitative estimate of drug-likeness (QED) is 0.802. The van der Waals surface area contributed by atoms with Crippen LogP contribution in [0.2, 0.25) is 0 Å². The molecule has 20 heavy (non-hydrogen) atoms. The Morgan fingerprint density at radius 1 is 1.30 bits per heavy atom. The molecule has 2 aromatic heterocycles. The van der Waals surface area contributed by atoms with Crippen molar-refractivity contribution in [3.05, 3.63) is 11.5 Å². The van der Waals surface area contributed by atoms with Crippen molar-refractivity contribution in [1.29, 1.82) is 0 Å². The van der Waals surface area contributed by atoms with Gasteiger partial charge in [-0.1, -0.05) is 19.8 Å². The van der Waals surface area contributed by atoms with Crippen molar-refractivity contribution in [1.82, 2.24) is 19.3 Å². The zero-order chi connectivity index (χ0) is 14.3. The summed E-state index contributed by atoms with van der Waals surface area (Å²) < 4.78 is 4.38. The molecule has 110 valence electrons. The second-order valence-corrected chi connectivity index (χ2v) is 6.61. The van der Waals surface area contributed by atoms with E-state index in [0.717, 1.165) is 35.8 Å². The predicted octanol–water partition coefficient (Wildman–Crippen LogP) is 3.88. The predicted molar refractivity (Wildman–Crippen MR) is 82.1 cm³/mol. The van der Waals surface area contributed by atoms with E-state index in [1.54, 1.807) is 0 Å². The molecule has 1 aliphatic rings. The summed E-state index contributed by atoms with van der Waals surface area (Å²) in [6.07, 6.45) is 5.29. The lowest BCUT2D eigenvalue weighted by atomic mass is 9.89. The molecule has 1 fully saturated rings. The first-order valence-electron chi connectivity index (χ1n) is 7.56. The smallest absolute Gasteiger partial charge is 0.158 e. The second-order valence-electron chi connectivity index (χ2n) is 6.34. The van der Waals surface area contributed by atoms with E-state index in [-0.39, 0.29) is 0 Å². The fourth-order valence-corrected chi connectivity index (χ4v) is 3.73. The molecule has 0 N–H and O–H groups in total. The standard InChI is InChI=1S/C15H23ClN4/c1-4-20-14-13(11(2)18-20)17-12(9-16)19(14)10-15(3)7-5-6-8-15/h4-10H2,1-3H3. The molecule has 0 amide bonds. The number of alkyl halides is 1. The van der Waals surface area contributed by atoms with Gasteiger partial charge in [-0.3, -0.25) is 0 Å². The maximum atomic E-state index is 6.13. The van der Waals surface area contributed by atoms with Crippen molar-refractivity contribution < 1.29 is 0 Å². The van der Waals surface area contributed by atoms with Crippen molar-refractivity contribution in [3.8, 4) is 0 Å². The van der Waals surface area contributed by atoms with Crippen molar-refractivity contribution in [2.45, 2.75) is 65.4 Å². The molecular formula is C15H23ClN4. The van der Waals surface area contributed by atoms with Gasteiger partial charge in [-0.2, -0.15) is 5.10 Å². The van der Waals surface area contributed by atoms with E-state index >= 15 is 0 Å². The minimum atomic E-state index is 0.380. The third-order valence-electron chi connectivity index (χ3n) is 4.65. The highest BCUT2D eigenvalue weighted by atomic mass is 35.5. The van der Waals surface area contributed by atoms with Crippen LogP contribution in [0.1, 0.15) is 51.0 Å². The van der Waals surface area contributed by atoms with Crippen molar-refractivity contribution in [2.24, 2.45) is 5.41 Å². The molecule has 2 heterocycles. The van der Waals surface area contributed by atoms with Crippen LogP contribution in [0.15, 0.2) is 0 Å². The summed E-state index contributed by atoms with van der Waals surface area (Å²) in [7, 11) is 0. The second kappa shape index (κ2) is 5.06. The van der Waals surface area contributed by atoms with Gasteiger partial charge >= 0.3 is 0 Å². The number of imidazole rings is 1. The van der Waals surface area contributed by atoms with Crippen LogP contribution >= 0.6 is 11.6 Å². The summed E-state index contributed by atoms with van der Waals surface area (Å²) in [6, 6.07) is 0. The third-order valence-corrected chi connectivity index (χ3v) is 4.89. The first-order valence-corrected chi connectivity index (χ1v) is 8.10. The van der Waals surface area contributed by atoms with Gasteiger partial charge in [-0.25, -0.2) is 9.67 Å². The van der Waals surface area contributed by atoms with Gasteiger partial charge in [0.15, 0.2) is 5.65 Å². The maximum Gasteiger partial charge on any atom is 0.158 e. The number of rotatable bonds is 4. The minimum Gasteiger partial charge on any atom is -0.311 e. The number of nitrogens with zero attached hydrogens (tertiary/aromatic N) is 4. The van der Waals surface area contributed by atoms with Crippen molar-refractivity contribution in [2.75, 3.05) is 0 Å². The minimum absolute atomic E-state index is 0.380. The van der Waals surface area contributed by atoms with Crippen molar-refractivity contribution in [3.63, 3.8) is 0 Å². The van der Waals surface area contributed by atoms with E-state index in [1.165, 1.54) is 25.7 Å². The van der Waals surface area contributed by atoms with Crippen LogP contribution in [0.3, 0.4) is 0 Å². The van der Waals surface area contributed by atoms with Crippen LogP contribution in [0.25, 0.3) is 11.2 Å². The molecule has 0 aromatic carbocycles. The molecule has 0 spiro atoms. The Labute approximate surface area is 125 Å². The third kappa shape index (κ3) is 2.14. The fourth-order valence-electron chi connectivity index (χ4n) is 3.53. The Bertz CT molecular complexity index is 619. The lowest BCUT2D eigenvalue weighted by Gasteiger charge is -2.25. The average molecular weight is 295 g/mol. The molecule has 2 aromatic rings. The first-order chi connectivity index (χ1) is 9.58. The molecule has 1 aliphatic carbocycles. The van der Waals surface area contributed by atoms with E-state index in [4.69, 9.17) is 16.6 Å². The van der Waals surface area contributed by atoms with E-state index in [0.29, 0.717) is 11.3 Å². The Morgan fingerprint density at radius 2 is 2.00 bits per heavy atom. The van der Waals surface area contributed by atoms with E-state index in [2.05, 4.69) is 28.2 Å². The molecule has 3 rings (SSSR count). The topological polar surface area (TPSA) is 35.6 Å². The van der Waals surface area contributed by atoms with Gasteiger partial charge in [0.05, 0.1) is 11.6 Å². The highest BCUT2D eigenvalue weighted by molar-refractivity contribution is 6.16. The zero-order valence-corrected chi connectivity index (χ0v) is 13.4. The van der Waals surface area contributed by atoms with Crippen LogP contribution in [0, 0.1) is 12.3 Å². The monoisotopic (exact) mass is 294 g/mol. The SMILES string of the molecule is CCn1nc(C)c2nc(CCl)n(CC3(C)CCCC3)c21. The molecule has 0 aliphatic heterocycles. The summed E-state index contributed by atoms with van der Waals surface area (Å²) in [6.45, 7) is 8.43. The zero-order valence-electron chi connectivity index (χ0n) is 12.6. The molecule has 0 radical (unpaired) electrons. The number of hydrogen-bond donors (Lipinski definition) is 0. The molecule has 0 unspecified atom stereocenters. The lowest BCUT2D eigenvalue weighted by molar-refractivity contribution is 0.280. The van der Waals surface area contributed by atoms with Crippen molar-refractivity contribution >= 4 is 22.8 Å². The highest BCUT2D eigenvalue weighted by Gasteiger charge is 2.31. The van der Waals surface area contributed by atoms with Gasteiger partial charge in [0.25, 0.3) is 0 Å². The highest BCUT2D eigenvalue weighted by Crippen LogP contribution is 2.40. The van der Waals surface area contributed by atoms with Crippen LogP contribution in [-0.2, 0) is 19.0 Å². The molecular weight excluding hydrogens is 272 g/mol. The molecule has 1 saturated carbocycles. The van der Waals surface area contributed by atoms with Gasteiger partial charge < -0.3 is 4.57 Å². The lowest BCUT2D eigenvalue weighted by Crippen LogP contribution is -2.22. The van der Waals surface area contributed by atoms with E-state index in [1.807, 2.05) is 6.92 Å². The van der Waals surface area contributed by atoms with Crippen LogP contribution in [0.5, 0.6) is 0 Å². The van der Waals surface area contributed by atoms with Crippen LogP contribution in [-0.4, -0.2) is 19.3 Å². The van der Waals surface area contributed by atoms with Gasteiger partial charge in [-0.05, 0) is 32.1 Å². The van der Waals surface area contributed by atoms with Crippen LogP contribution in [0.4, 0.5) is 0 Å². The Morgan fingerprint density at radius 3 is 2.60 bits per heavy atom. The molecule has 5 heteroatoms. The maximum absolute atomic E-state index is 6.13. The average Bonchev–Trinajstić information content (AvgIpc) is 3.08. The van der Waals surface area contributed by atoms with Gasteiger partial charge in [0, 0.05) is 13.1 Å². The number of aryl methyl sites for hydroxylation is 2. The molecule has 0 saturated heterocycles. The molecule has 0 atom stereocenters. The van der Waals surface area contributed by atoms with Gasteiger partial charge in [0.1, 0.15) is 11.3 Å². The largest absolute Gasteiger partial charge is 0.311 e. The Hall–Kier alpha value is -1.03. The summed E-state index contributed by atoms with van der Waals surface area (Å²) in [5, 5.41) is 4.59. The summed E-state index contributed by atoms with van der Waals surface area (Å²) in [5.74, 6) is 1.45. The van der Waals surface area contributed by atoms with Crippen LogP contribution < -0.4 is 0 Å². The number of aromatic nitrogens is 4. The van der Waals surface area contributed by atoms with E-state index in [9.17, 15) is 0 Å². The first kappa shape index (κ1) is 13.9. The Kier molecular flexibility index (Phi) is 3.53. The van der Waals surface area contributed by atoms with Gasteiger partial charge in [-0.15, -0.1) is 11.6 Å². The number of hydrogen-bond acceptors (Lipinski definition) is 2. The number of fused-ring (bicyclic) bond motifs is 1. The number of halogens is 1. The Balaban J connectivity index is 2.11. The normalized spacial score (nSPS) is 18.2. The molecule has 0 bridgehead atoms. The summed E-state index contributed by atoms with van der Waals surface area (Å²) in [4.78, 5) is 4.72. The van der Waals surface area contributed by atoms with Gasteiger partial charge in [0.2, 0.25) is 0 Å². The molecule has 4 nitrogen and oxygen atoms in total. The summed E-state index contributed by atoms with van der Waals surface area (Å²) in [5.41, 5.74) is 3.55. The van der Waals surface area contributed by atoms with E-state index < -0.39 is 0 Å².